The number of carbonyl (C=O) groups is 1. The Morgan fingerprint density at radius 2 is 1.50 bits per heavy atom. The van der Waals surface area contributed by atoms with E-state index in [9.17, 15) is 4.79 Å². The molecule has 0 fully saturated rings. The predicted octanol–water partition coefficient (Wildman–Crippen LogP) is 7.03. The number of aryl methyl sites for hydroxylation is 1. The predicted molar refractivity (Wildman–Crippen MR) is 174 cm³/mol. The fourth-order valence-corrected chi connectivity index (χ4v) is 6.00. The largest absolute Gasteiger partial charge is 1.00 e. The van der Waals surface area contributed by atoms with Crippen LogP contribution in [-0.2, 0) is 12.0 Å². The topological polar surface area (TPSA) is 42.2 Å². The van der Waals surface area contributed by atoms with Crippen molar-refractivity contribution < 1.29 is 31.1 Å². The van der Waals surface area contributed by atoms with Gasteiger partial charge in [-0.15, -0.1) is 0 Å². The summed E-state index contributed by atoms with van der Waals surface area (Å²) < 4.78 is 8.45. The Hall–Kier alpha value is -2.18. The molecular weight excluding hydrogens is 604 g/mol. The van der Waals surface area contributed by atoms with E-state index in [4.69, 9.17) is 4.74 Å². The summed E-state index contributed by atoms with van der Waals surface area (Å²) in [5.41, 5.74) is 6.82. The molecule has 2 aromatic carbocycles. The molecule has 0 aliphatic carbocycles. The molecular formula is C36H53BrN2O2S. The first kappa shape index (κ1) is 36.0. The van der Waals surface area contributed by atoms with Crippen LogP contribution in [0.5, 0.6) is 5.75 Å². The van der Waals surface area contributed by atoms with Gasteiger partial charge in [0.2, 0.25) is 5.51 Å². The lowest BCUT2D eigenvalue weighted by molar-refractivity contribution is -0.689. The fourth-order valence-electron chi connectivity index (χ4n) is 5.22. The molecule has 0 bridgehead atoms. The Balaban J connectivity index is 0.00000616. The van der Waals surface area contributed by atoms with Crippen molar-refractivity contribution in [2.45, 2.75) is 124 Å². The molecule has 0 aliphatic heterocycles. The van der Waals surface area contributed by atoms with E-state index in [0.717, 1.165) is 35.6 Å². The molecule has 232 valence electrons. The highest BCUT2D eigenvalue weighted by Gasteiger charge is 2.21. The van der Waals surface area contributed by atoms with E-state index in [1.165, 1.54) is 76.3 Å². The molecule has 1 amide bonds. The average molecular weight is 658 g/mol. The van der Waals surface area contributed by atoms with E-state index in [2.05, 4.69) is 61.5 Å². The van der Waals surface area contributed by atoms with Gasteiger partial charge in [-0.05, 0) is 36.1 Å². The minimum absolute atomic E-state index is 0. The molecule has 0 saturated heterocycles. The van der Waals surface area contributed by atoms with Crippen LogP contribution in [0.2, 0.25) is 0 Å². The maximum absolute atomic E-state index is 13.4. The van der Waals surface area contributed by atoms with Gasteiger partial charge in [0.25, 0.3) is 5.91 Å². The molecule has 3 rings (SSSR count). The lowest BCUT2D eigenvalue weighted by Crippen LogP contribution is -3.00. The van der Waals surface area contributed by atoms with E-state index in [1.807, 2.05) is 36.4 Å². The molecule has 0 aliphatic rings. The van der Waals surface area contributed by atoms with Crippen LogP contribution in [-0.4, -0.2) is 12.5 Å². The normalized spacial score (nSPS) is 11.3. The summed E-state index contributed by atoms with van der Waals surface area (Å²) in [6.07, 6.45) is 16.1. The summed E-state index contributed by atoms with van der Waals surface area (Å²) in [4.78, 5) is 13.4. The third kappa shape index (κ3) is 12.2. The molecule has 0 radical (unpaired) electrons. The molecule has 1 heterocycles. The highest BCUT2D eigenvalue weighted by atomic mass is 79.9. The first-order valence-corrected chi connectivity index (χ1v) is 16.8. The van der Waals surface area contributed by atoms with Crippen LogP contribution in [0.1, 0.15) is 132 Å². The average Bonchev–Trinajstić information content (AvgIpc) is 3.35. The monoisotopic (exact) mass is 656 g/mol. The number of halogens is 1. The van der Waals surface area contributed by atoms with Crippen LogP contribution >= 0.6 is 11.3 Å². The summed E-state index contributed by atoms with van der Waals surface area (Å²) in [6.45, 7) is 12.4. The maximum atomic E-state index is 13.4. The number of thiazole rings is 1. The Morgan fingerprint density at radius 3 is 2.10 bits per heavy atom. The number of benzene rings is 2. The van der Waals surface area contributed by atoms with Crippen molar-refractivity contribution in [1.82, 2.24) is 0 Å². The Labute approximate surface area is 270 Å². The maximum Gasteiger partial charge on any atom is 0.256 e. The number of rotatable bonds is 18. The van der Waals surface area contributed by atoms with Crippen molar-refractivity contribution in [3.8, 4) is 5.75 Å². The SMILES string of the molecule is CCCCCCCCCCCCCCOc1ccc(NC(=O)c2ccccc2C[n+]2cscc2C)cc1C(C)(C)C.[Br-]. The second kappa shape index (κ2) is 19.2. The van der Waals surface area contributed by atoms with Crippen LogP contribution in [0, 0.1) is 6.92 Å². The standard InChI is InChI=1S/C36H52N2O2S.BrH/c1-6-7-8-9-10-11-12-13-14-15-16-19-24-40-34-23-22-31(25-33(34)36(3,4)5)37-35(39)32-21-18-17-20-30(32)26-38-28-41-27-29(38)2;/h17-18,20-23,25,27-28H,6-16,19,24,26H2,1-5H3;1H. The Kier molecular flexibility index (Phi) is 16.4. The van der Waals surface area contributed by atoms with Crippen molar-refractivity contribution in [2.75, 3.05) is 11.9 Å². The van der Waals surface area contributed by atoms with E-state index < -0.39 is 0 Å². The second-order valence-corrected chi connectivity index (χ2v) is 13.2. The van der Waals surface area contributed by atoms with Crippen LogP contribution in [0.3, 0.4) is 0 Å². The highest BCUT2D eigenvalue weighted by Crippen LogP contribution is 2.34. The van der Waals surface area contributed by atoms with E-state index in [-0.39, 0.29) is 28.3 Å². The second-order valence-electron chi connectivity index (χ2n) is 12.4. The zero-order valence-electron chi connectivity index (χ0n) is 26.6. The number of ether oxygens (including phenoxy) is 1. The van der Waals surface area contributed by atoms with Crippen molar-refractivity contribution >= 4 is 22.9 Å². The Bertz CT molecular complexity index is 1200. The van der Waals surface area contributed by atoms with Gasteiger partial charge in [0.05, 0.1) is 12.0 Å². The summed E-state index contributed by atoms with van der Waals surface area (Å²) in [7, 11) is 0. The molecule has 6 heteroatoms. The number of carbonyl (C=O) groups excluding carboxylic acids is 1. The number of unbranched alkanes of at least 4 members (excludes halogenated alkanes) is 11. The summed E-state index contributed by atoms with van der Waals surface area (Å²) in [5.74, 6) is 0.836. The summed E-state index contributed by atoms with van der Waals surface area (Å²) in [5, 5.41) is 5.27. The van der Waals surface area contributed by atoms with E-state index in [1.54, 1.807) is 11.3 Å². The van der Waals surface area contributed by atoms with Gasteiger partial charge < -0.3 is 27.0 Å². The minimum atomic E-state index is -0.0996. The fraction of sp³-hybridized carbons (Fsp3) is 0.556. The van der Waals surface area contributed by atoms with Gasteiger partial charge in [0.1, 0.15) is 5.75 Å². The zero-order valence-corrected chi connectivity index (χ0v) is 29.0. The number of anilines is 1. The number of nitrogens with zero attached hydrogens (tertiary/aromatic N) is 1. The highest BCUT2D eigenvalue weighted by molar-refractivity contribution is 7.07. The van der Waals surface area contributed by atoms with Crippen molar-refractivity contribution in [3.05, 3.63) is 75.7 Å². The molecule has 4 nitrogen and oxygen atoms in total. The number of hydrogen-bond acceptors (Lipinski definition) is 3. The Morgan fingerprint density at radius 1 is 0.881 bits per heavy atom. The number of amides is 1. The zero-order chi connectivity index (χ0) is 29.5. The first-order chi connectivity index (χ1) is 19.8. The molecule has 3 aromatic rings. The third-order valence-corrected chi connectivity index (χ3v) is 8.64. The van der Waals surface area contributed by atoms with Crippen LogP contribution in [0.4, 0.5) is 5.69 Å². The molecule has 1 aromatic heterocycles. The molecule has 1 N–H and O–H groups in total. The lowest BCUT2D eigenvalue weighted by Gasteiger charge is -2.24. The number of hydrogen-bond donors (Lipinski definition) is 1. The molecule has 0 spiro atoms. The van der Waals surface area contributed by atoms with Gasteiger partial charge in [0, 0.05) is 29.3 Å². The van der Waals surface area contributed by atoms with Gasteiger partial charge in [-0.25, -0.2) is 0 Å². The molecule has 0 saturated carbocycles. The smallest absolute Gasteiger partial charge is 0.256 e. The van der Waals surface area contributed by atoms with Crippen LogP contribution < -0.4 is 31.6 Å². The van der Waals surface area contributed by atoms with Crippen molar-refractivity contribution in [2.24, 2.45) is 0 Å². The van der Waals surface area contributed by atoms with Crippen LogP contribution in [0.15, 0.2) is 53.4 Å². The summed E-state index contributed by atoms with van der Waals surface area (Å²) >= 11 is 1.67. The molecule has 0 atom stereocenters. The van der Waals surface area contributed by atoms with Gasteiger partial charge in [0.15, 0.2) is 12.2 Å². The minimum Gasteiger partial charge on any atom is -1.00 e. The lowest BCUT2D eigenvalue weighted by atomic mass is 9.86. The van der Waals surface area contributed by atoms with Gasteiger partial charge in [-0.2, -0.15) is 4.57 Å². The summed E-state index contributed by atoms with van der Waals surface area (Å²) in [6, 6.07) is 13.9. The quantitative estimate of drug-likeness (QED) is 0.118. The van der Waals surface area contributed by atoms with Crippen molar-refractivity contribution in [1.29, 1.82) is 0 Å². The van der Waals surface area contributed by atoms with Gasteiger partial charge >= 0.3 is 0 Å². The van der Waals surface area contributed by atoms with E-state index in [0.29, 0.717) is 12.1 Å². The van der Waals surface area contributed by atoms with Gasteiger partial charge in [-0.1, -0.05) is 128 Å². The van der Waals surface area contributed by atoms with E-state index >= 15 is 0 Å². The molecule has 42 heavy (non-hydrogen) atoms. The number of nitrogens with one attached hydrogen (secondary N) is 1. The third-order valence-electron chi connectivity index (χ3n) is 7.78. The number of aromatic nitrogens is 1. The molecule has 0 unspecified atom stereocenters. The van der Waals surface area contributed by atoms with Gasteiger partial charge in [-0.3, -0.25) is 4.79 Å². The van der Waals surface area contributed by atoms with Crippen molar-refractivity contribution in [3.63, 3.8) is 0 Å². The van der Waals surface area contributed by atoms with Crippen LogP contribution in [0.25, 0.3) is 0 Å². The first-order valence-electron chi connectivity index (χ1n) is 15.9.